The van der Waals surface area contributed by atoms with Gasteiger partial charge in [-0.05, 0) is 0 Å². The molecular weight excluding hydrogens is 1140 g/mol. The number of hydrogen-bond donors (Lipinski definition) is 2. The van der Waals surface area contributed by atoms with Crippen molar-refractivity contribution < 1.29 is 138 Å². The molecule has 0 aliphatic heterocycles. The van der Waals surface area contributed by atoms with Crippen LogP contribution >= 0.6 is 0 Å². The van der Waals surface area contributed by atoms with Gasteiger partial charge in [0.2, 0.25) is 0 Å². The van der Waals surface area contributed by atoms with Crippen LogP contribution in [0.1, 0.15) is 0 Å². The SMILES string of the molecule is OCCOCCOCCOCCOCCOCCOCCOCCOCCOCCOCCOCCOCCOCCOCCOCCOCCOCCOCCOCCOCCOCCOCCOCCOCCOCCOCCOCCO. The minimum atomic E-state index is 0.0169. The Morgan fingerprint density at radius 2 is 0.129 bits per heavy atom. The summed E-state index contributed by atoms with van der Waals surface area (Å²) in [5.41, 5.74) is 0. The van der Waals surface area contributed by atoms with Crippen LogP contribution in [0.25, 0.3) is 0 Å². The lowest BCUT2D eigenvalue weighted by molar-refractivity contribution is -0.0323. The molecule has 0 bridgehead atoms. The lowest BCUT2D eigenvalue weighted by atomic mass is 10.6. The molecule has 0 saturated heterocycles. The van der Waals surface area contributed by atoms with Gasteiger partial charge in [-0.15, -0.1) is 0 Å². The van der Waals surface area contributed by atoms with Crippen LogP contribution in [-0.4, -0.2) is 380 Å². The fourth-order valence-corrected chi connectivity index (χ4v) is 5.95. The number of aliphatic hydroxyl groups is 2. The second-order valence-corrected chi connectivity index (χ2v) is 17.0. The molecule has 2 N–H and O–H groups in total. The first-order valence-electron chi connectivity index (χ1n) is 30.2. The highest BCUT2D eigenvalue weighted by molar-refractivity contribution is 4.44. The quantitative estimate of drug-likeness (QED) is 0.0720. The van der Waals surface area contributed by atoms with E-state index in [-0.39, 0.29) is 13.2 Å². The van der Waals surface area contributed by atoms with Crippen LogP contribution in [0.2, 0.25) is 0 Å². The van der Waals surface area contributed by atoms with E-state index >= 15 is 0 Å². The Morgan fingerprint density at radius 3 is 0.176 bits per heavy atom. The predicted molar refractivity (Wildman–Crippen MR) is 306 cm³/mol. The normalized spacial score (nSPS) is 11.8. The van der Waals surface area contributed by atoms with Crippen molar-refractivity contribution in [2.45, 2.75) is 0 Å². The second kappa shape index (κ2) is 82.8. The number of hydrogen-bond acceptors (Lipinski definition) is 29. The molecule has 0 aromatic heterocycles. The largest absolute Gasteiger partial charge is 0.394 e. The average Bonchev–Trinajstić information content (AvgIpc) is 3.51. The predicted octanol–water partition coefficient (Wildman–Crippen LogP) is -0.581. The zero-order chi connectivity index (χ0) is 60.7. The van der Waals surface area contributed by atoms with Crippen LogP contribution in [0.3, 0.4) is 0 Å². The lowest BCUT2D eigenvalue weighted by Gasteiger charge is -2.09. The van der Waals surface area contributed by atoms with E-state index in [1.165, 1.54) is 0 Å². The highest BCUT2D eigenvalue weighted by atomic mass is 16.6. The van der Waals surface area contributed by atoms with E-state index in [0.29, 0.717) is 357 Å². The molecule has 0 unspecified atom stereocenters. The first kappa shape index (κ1) is 83.8. The van der Waals surface area contributed by atoms with Crippen LogP contribution in [0.5, 0.6) is 0 Å². The Bertz CT molecular complexity index is 1050. The molecule has 0 heterocycles. The van der Waals surface area contributed by atoms with Crippen LogP contribution in [0, 0.1) is 0 Å². The molecule has 0 spiro atoms. The summed E-state index contributed by atoms with van der Waals surface area (Å²) < 4.78 is 147. The van der Waals surface area contributed by atoms with Crippen molar-refractivity contribution in [2.24, 2.45) is 0 Å². The number of ether oxygens (including phenoxy) is 27. The molecule has 0 aromatic rings. The van der Waals surface area contributed by atoms with Crippen molar-refractivity contribution in [3.63, 3.8) is 0 Å². The maximum Gasteiger partial charge on any atom is 0.0701 e. The average molecular weight is 1250 g/mol. The summed E-state index contributed by atoms with van der Waals surface area (Å²) in [6, 6.07) is 0. The third kappa shape index (κ3) is 82.8. The molecule has 0 atom stereocenters. The molecule has 0 aromatic carbocycles. The molecule has 0 rings (SSSR count). The smallest absolute Gasteiger partial charge is 0.0701 e. The van der Waals surface area contributed by atoms with Crippen molar-refractivity contribution in [3.8, 4) is 0 Å². The van der Waals surface area contributed by atoms with E-state index in [2.05, 4.69) is 0 Å². The summed E-state index contributed by atoms with van der Waals surface area (Å²) in [6.07, 6.45) is 0. The summed E-state index contributed by atoms with van der Waals surface area (Å²) in [4.78, 5) is 0. The topological polar surface area (TPSA) is 290 Å². The van der Waals surface area contributed by atoms with Crippen LogP contribution < -0.4 is 0 Å². The third-order valence-electron chi connectivity index (χ3n) is 10.1. The molecule has 85 heavy (non-hydrogen) atoms. The van der Waals surface area contributed by atoms with E-state index in [0.717, 1.165) is 0 Å². The Labute approximate surface area is 506 Å². The lowest BCUT2D eigenvalue weighted by Crippen LogP contribution is -2.16. The molecule has 29 nitrogen and oxygen atoms in total. The van der Waals surface area contributed by atoms with Crippen molar-refractivity contribution >= 4 is 0 Å². The zero-order valence-corrected chi connectivity index (χ0v) is 51.5. The summed E-state index contributed by atoms with van der Waals surface area (Å²) >= 11 is 0. The maximum atomic E-state index is 8.61. The monoisotopic (exact) mass is 1250 g/mol. The van der Waals surface area contributed by atoms with Gasteiger partial charge >= 0.3 is 0 Å². The van der Waals surface area contributed by atoms with Gasteiger partial charge in [-0.2, -0.15) is 0 Å². The summed E-state index contributed by atoms with van der Waals surface area (Å²) in [5, 5.41) is 17.2. The van der Waals surface area contributed by atoms with Gasteiger partial charge in [-0.1, -0.05) is 0 Å². The van der Waals surface area contributed by atoms with Gasteiger partial charge in [0.1, 0.15) is 0 Å². The molecule has 0 aliphatic carbocycles. The van der Waals surface area contributed by atoms with E-state index < -0.39 is 0 Å². The van der Waals surface area contributed by atoms with Crippen LogP contribution in [-0.2, 0) is 128 Å². The molecule has 29 heteroatoms. The zero-order valence-electron chi connectivity index (χ0n) is 51.5. The molecule has 0 fully saturated rings. The van der Waals surface area contributed by atoms with Crippen molar-refractivity contribution in [1.29, 1.82) is 0 Å². The van der Waals surface area contributed by atoms with E-state index in [4.69, 9.17) is 138 Å². The maximum absolute atomic E-state index is 8.61. The van der Waals surface area contributed by atoms with Crippen molar-refractivity contribution in [1.82, 2.24) is 0 Å². The molecule has 0 amide bonds. The van der Waals surface area contributed by atoms with Crippen LogP contribution in [0.15, 0.2) is 0 Å². The van der Waals surface area contributed by atoms with Gasteiger partial charge in [0.15, 0.2) is 0 Å². The summed E-state index contributed by atoms with van der Waals surface area (Å²) in [5.74, 6) is 0. The van der Waals surface area contributed by atoms with Gasteiger partial charge in [0.25, 0.3) is 0 Å². The minimum absolute atomic E-state index is 0.0169. The summed E-state index contributed by atoms with van der Waals surface area (Å²) in [7, 11) is 0. The standard InChI is InChI=1S/C56H114O29/c57-1-3-59-5-7-61-9-11-63-13-15-65-17-19-67-21-23-69-25-27-71-29-31-73-33-35-75-37-39-77-41-43-79-45-47-81-49-51-83-53-55-85-56-54-84-52-50-82-48-46-80-44-42-78-40-38-76-36-34-74-32-30-72-28-26-70-24-22-68-20-18-66-16-14-64-12-10-62-8-6-60-4-2-58/h57-58H,1-56H2. The second-order valence-electron chi connectivity index (χ2n) is 17.0. The summed E-state index contributed by atoms with van der Waals surface area (Å²) in [6.45, 7) is 25.9. The van der Waals surface area contributed by atoms with E-state index in [1.807, 2.05) is 0 Å². The van der Waals surface area contributed by atoms with Crippen LogP contribution in [0.4, 0.5) is 0 Å². The number of rotatable bonds is 82. The molecular formula is C56H114O29. The van der Waals surface area contributed by atoms with E-state index in [1.54, 1.807) is 0 Å². The first-order chi connectivity index (χ1) is 42.4. The van der Waals surface area contributed by atoms with Crippen molar-refractivity contribution in [3.05, 3.63) is 0 Å². The molecule has 512 valence electrons. The van der Waals surface area contributed by atoms with Gasteiger partial charge in [-0.25, -0.2) is 0 Å². The minimum Gasteiger partial charge on any atom is -0.394 e. The Balaban J connectivity index is 3.08. The molecule has 0 saturated carbocycles. The third-order valence-corrected chi connectivity index (χ3v) is 10.1. The fourth-order valence-electron chi connectivity index (χ4n) is 5.95. The van der Waals surface area contributed by atoms with Crippen molar-refractivity contribution in [2.75, 3.05) is 370 Å². The number of aliphatic hydroxyl groups excluding tert-OH is 2. The fraction of sp³-hybridized carbons (Fsp3) is 1.00. The van der Waals surface area contributed by atoms with Gasteiger partial charge in [0, 0.05) is 0 Å². The molecule has 0 aliphatic rings. The Kier molecular flexibility index (Phi) is 81.7. The highest BCUT2D eigenvalue weighted by Gasteiger charge is 2.01. The van der Waals surface area contributed by atoms with Gasteiger partial charge < -0.3 is 138 Å². The van der Waals surface area contributed by atoms with Gasteiger partial charge in [0.05, 0.1) is 370 Å². The van der Waals surface area contributed by atoms with Gasteiger partial charge in [-0.3, -0.25) is 0 Å². The van der Waals surface area contributed by atoms with E-state index in [9.17, 15) is 0 Å². The Morgan fingerprint density at radius 1 is 0.0824 bits per heavy atom. The first-order valence-corrected chi connectivity index (χ1v) is 30.2. The Hall–Kier alpha value is -1.16. The highest BCUT2D eigenvalue weighted by Crippen LogP contribution is 1.92. The molecule has 0 radical (unpaired) electrons.